The summed E-state index contributed by atoms with van der Waals surface area (Å²) in [7, 11) is 3.61. The molecule has 1 unspecified atom stereocenters. The first kappa shape index (κ1) is 12.5. The van der Waals surface area contributed by atoms with Crippen molar-refractivity contribution in [3.8, 4) is 5.75 Å². The number of benzene rings is 2. The summed E-state index contributed by atoms with van der Waals surface area (Å²) < 4.78 is 5.17. The van der Waals surface area contributed by atoms with Crippen molar-refractivity contribution in [2.75, 3.05) is 19.9 Å². The van der Waals surface area contributed by atoms with E-state index >= 15 is 0 Å². The Labute approximate surface area is 108 Å². The number of ether oxygens (including phenoxy) is 1. The molecule has 0 saturated carbocycles. The van der Waals surface area contributed by atoms with Crippen molar-refractivity contribution in [2.45, 2.75) is 6.04 Å². The number of nitrogens with one attached hydrogen (secondary N) is 1. The van der Waals surface area contributed by atoms with Crippen molar-refractivity contribution in [3.05, 3.63) is 59.7 Å². The van der Waals surface area contributed by atoms with Crippen LogP contribution < -0.4 is 15.8 Å². The molecule has 1 atom stereocenters. The highest BCUT2D eigenvalue weighted by atomic mass is 16.5. The fraction of sp³-hybridized carbons (Fsp3) is 0.200. The predicted molar refractivity (Wildman–Crippen MR) is 74.8 cm³/mol. The van der Waals surface area contributed by atoms with Gasteiger partial charge in [0.05, 0.1) is 13.2 Å². The fourth-order valence-corrected chi connectivity index (χ4v) is 2.06. The molecule has 2 aromatic rings. The molecule has 0 fully saturated rings. The van der Waals surface area contributed by atoms with Crippen LogP contribution in [0.2, 0.25) is 0 Å². The molecule has 94 valence electrons. The molecule has 0 aliphatic carbocycles. The zero-order valence-corrected chi connectivity index (χ0v) is 10.7. The van der Waals surface area contributed by atoms with Gasteiger partial charge in [-0.25, -0.2) is 0 Å². The predicted octanol–water partition coefficient (Wildman–Crippen LogP) is 2.59. The monoisotopic (exact) mass is 242 g/mol. The maximum Gasteiger partial charge on any atom is 0.118 e. The molecule has 0 aliphatic heterocycles. The van der Waals surface area contributed by atoms with Crippen LogP contribution >= 0.6 is 0 Å². The fourth-order valence-electron chi connectivity index (χ4n) is 2.06. The smallest absolute Gasteiger partial charge is 0.118 e. The van der Waals surface area contributed by atoms with Crippen LogP contribution in [0.25, 0.3) is 0 Å². The summed E-state index contributed by atoms with van der Waals surface area (Å²) >= 11 is 0. The van der Waals surface area contributed by atoms with Gasteiger partial charge in [0.25, 0.3) is 0 Å². The number of hydrogen-bond donors (Lipinski definition) is 2. The van der Waals surface area contributed by atoms with Crippen molar-refractivity contribution in [1.82, 2.24) is 5.32 Å². The number of methoxy groups -OCH3 is 1. The summed E-state index contributed by atoms with van der Waals surface area (Å²) in [5, 5.41) is 3.30. The molecule has 3 nitrogen and oxygen atoms in total. The van der Waals surface area contributed by atoms with E-state index in [0.29, 0.717) is 0 Å². The first-order chi connectivity index (χ1) is 8.74. The van der Waals surface area contributed by atoms with Gasteiger partial charge in [-0.2, -0.15) is 0 Å². The molecule has 0 radical (unpaired) electrons. The van der Waals surface area contributed by atoms with Gasteiger partial charge in [0, 0.05) is 5.69 Å². The zero-order valence-electron chi connectivity index (χ0n) is 10.7. The molecular weight excluding hydrogens is 224 g/mol. The standard InChI is InChI=1S/C15H18N2O/c1-17-15(12-4-3-5-13(16)10-12)11-6-8-14(18-2)9-7-11/h3-10,15,17H,16H2,1-2H3. The molecule has 0 heterocycles. The Morgan fingerprint density at radius 1 is 1.06 bits per heavy atom. The molecule has 2 aromatic carbocycles. The Balaban J connectivity index is 2.32. The van der Waals surface area contributed by atoms with Gasteiger partial charge < -0.3 is 15.8 Å². The quantitative estimate of drug-likeness (QED) is 0.810. The average molecular weight is 242 g/mol. The highest BCUT2D eigenvalue weighted by Gasteiger charge is 2.11. The van der Waals surface area contributed by atoms with Crippen LogP contribution in [0.5, 0.6) is 5.75 Å². The molecule has 0 bridgehead atoms. The third-order valence-electron chi connectivity index (χ3n) is 2.98. The lowest BCUT2D eigenvalue weighted by atomic mass is 9.98. The normalized spacial score (nSPS) is 12.1. The van der Waals surface area contributed by atoms with Crippen molar-refractivity contribution >= 4 is 5.69 Å². The van der Waals surface area contributed by atoms with E-state index in [-0.39, 0.29) is 6.04 Å². The minimum Gasteiger partial charge on any atom is -0.497 e. The van der Waals surface area contributed by atoms with E-state index in [1.54, 1.807) is 7.11 Å². The minimum absolute atomic E-state index is 0.138. The van der Waals surface area contributed by atoms with Crippen LogP contribution in [0.1, 0.15) is 17.2 Å². The Hall–Kier alpha value is -2.00. The third kappa shape index (κ3) is 2.63. The van der Waals surface area contributed by atoms with Gasteiger partial charge >= 0.3 is 0 Å². The van der Waals surface area contributed by atoms with Gasteiger partial charge in [0.1, 0.15) is 5.75 Å². The summed E-state index contributed by atoms with van der Waals surface area (Å²) in [5.41, 5.74) is 8.95. The summed E-state index contributed by atoms with van der Waals surface area (Å²) in [6.07, 6.45) is 0. The molecule has 3 heteroatoms. The van der Waals surface area contributed by atoms with Crippen molar-refractivity contribution in [1.29, 1.82) is 0 Å². The molecule has 0 aliphatic rings. The first-order valence-corrected chi connectivity index (χ1v) is 5.91. The van der Waals surface area contributed by atoms with E-state index < -0.39 is 0 Å². The molecule has 0 amide bonds. The van der Waals surface area contributed by atoms with Crippen molar-refractivity contribution < 1.29 is 4.74 Å². The van der Waals surface area contributed by atoms with E-state index in [2.05, 4.69) is 23.5 Å². The van der Waals surface area contributed by atoms with E-state index in [1.165, 1.54) is 5.56 Å². The van der Waals surface area contributed by atoms with Crippen LogP contribution in [0, 0.1) is 0 Å². The second-order valence-corrected chi connectivity index (χ2v) is 4.16. The van der Waals surface area contributed by atoms with Gasteiger partial charge in [0.15, 0.2) is 0 Å². The summed E-state index contributed by atoms with van der Waals surface area (Å²) in [6.45, 7) is 0. The lowest BCUT2D eigenvalue weighted by Gasteiger charge is -2.18. The Morgan fingerprint density at radius 3 is 2.33 bits per heavy atom. The Morgan fingerprint density at radius 2 is 1.78 bits per heavy atom. The van der Waals surface area contributed by atoms with E-state index in [4.69, 9.17) is 10.5 Å². The number of hydrogen-bond acceptors (Lipinski definition) is 3. The summed E-state index contributed by atoms with van der Waals surface area (Å²) in [4.78, 5) is 0. The molecule has 2 rings (SSSR count). The van der Waals surface area contributed by atoms with Crippen LogP contribution in [0.4, 0.5) is 5.69 Å². The molecule has 0 saturated heterocycles. The van der Waals surface area contributed by atoms with Gasteiger partial charge in [0.2, 0.25) is 0 Å². The van der Waals surface area contributed by atoms with Gasteiger partial charge in [-0.3, -0.25) is 0 Å². The molecule has 3 N–H and O–H groups in total. The number of nitrogens with two attached hydrogens (primary N) is 1. The van der Waals surface area contributed by atoms with E-state index in [0.717, 1.165) is 17.0 Å². The highest BCUT2D eigenvalue weighted by Crippen LogP contribution is 2.24. The van der Waals surface area contributed by atoms with Crippen LogP contribution in [0.3, 0.4) is 0 Å². The maximum atomic E-state index is 5.83. The Kier molecular flexibility index (Phi) is 3.85. The third-order valence-corrected chi connectivity index (χ3v) is 2.98. The zero-order chi connectivity index (χ0) is 13.0. The minimum atomic E-state index is 0.138. The van der Waals surface area contributed by atoms with Gasteiger partial charge in [-0.15, -0.1) is 0 Å². The number of anilines is 1. The highest BCUT2D eigenvalue weighted by molar-refractivity contribution is 5.44. The second kappa shape index (κ2) is 5.56. The maximum absolute atomic E-state index is 5.83. The van der Waals surface area contributed by atoms with Crippen LogP contribution in [0.15, 0.2) is 48.5 Å². The van der Waals surface area contributed by atoms with E-state index in [9.17, 15) is 0 Å². The van der Waals surface area contributed by atoms with Gasteiger partial charge in [-0.1, -0.05) is 24.3 Å². The molecule has 0 aromatic heterocycles. The van der Waals surface area contributed by atoms with Crippen molar-refractivity contribution in [3.63, 3.8) is 0 Å². The summed E-state index contributed by atoms with van der Waals surface area (Å²) in [6, 6.07) is 16.1. The first-order valence-electron chi connectivity index (χ1n) is 5.91. The Bertz CT molecular complexity index is 508. The number of rotatable bonds is 4. The van der Waals surface area contributed by atoms with Crippen molar-refractivity contribution in [2.24, 2.45) is 0 Å². The van der Waals surface area contributed by atoms with E-state index in [1.807, 2.05) is 37.4 Å². The lowest BCUT2D eigenvalue weighted by molar-refractivity contribution is 0.414. The molecule has 18 heavy (non-hydrogen) atoms. The molecular formula is C15H18N2O. The van der Waals surface area contributed by atoms with Crippen LogP contribution in [-0.4, -0.2) is 14.2 Å². The SMILES string of the molecule is CNC(c1ccc(OC)cc1)c1cccc(N)c1. The molecule has 0 spiro atoms. The largest absolute Gasteiger partial charge is 0.497 e. The van der Waals surface area contributed by atoms with Crippen LogP contribution in [-0.2, 0) is 0 Å². The summed E-state index contributed by atoms with van der Waals surface area (Å²) in [5.74, 6) is 0.862. The number of nitrogen functional groups attached to an aromatic ring is 1. The van der Waals surface area contributed by atoms with Gasteiger partial charge in [-0.05, 0) is 42.4 Å². The average Bonchev–Trinajstić information content (AvgIpc) is 2.40. The lowest BCUT2D eigenvalue weighted by Crippen LogP contribution is -2.17. The second-order valence-electron chi connectivity index (χ2n) is 4.16. The topological polar surface area (TPSA) is 47.3 Å².